The number of anilines is 1. The molecular formula is C24H20N2O5. The van der Waals surface area contributed by atoms with E-state index in [0.717, 1.165) is 12.0 Å². The molecule has 156 valence electrons. The zero-order valence-corrected chi connectivity index (χ0v) is 17.1. The van der Waals surface area contributed by atoms with E-state index in [2.05, 4.69) is 5.16 Å². The minimum Gasteiger partial charge on any atom is -0.494 e. The fourth-order valence-corrected chi connectivity index (χ4v) is 3.93. The third kappa shape index (κ3) is 3.09. The van der Waals surface area contributed by atoms with E-state index in [4.69, 9.17) is 13.7 Å². The molecule has 2 aromatic heterocycles. The first-order chi connectivity index (χ1) is 15.1. The maximum absolute atomic E-state index is 13.5. The lowest BCUT2D eigenvalue weighted by Gasteiger charge is -2.22. The Morgan fingerprint density at radius 1 is 1.10 bits per heavy atom. The van der Waals surface area contributed by atoms with Gasteiger partial charge in [0.1, 0.15) is 17.1 Å². The van der Waals surface area contributed by atoms with Crippen molar-refractivity contribution in [3.63, 3.8) is 0 Å². The van der Waals surface area contributed by atoms with Gasteiger partial charge in [0.25, 0.3) is 5.91 Å². The van der Waals surface area contributed by atoms with Gasteiger partial charge in [-0.3, -0.25) is 14.5 Å². The maximum atomic E-state index is 13.5. The standard InChI is InChI=1S/C24H20N2O5/c1-3-11-29-16-8-6-7-15(13-16)21-20-22(27)17-9-4-5-10-18(17)30-23(20)24(28)26(21)19-12-14(2)31-25-19/h4-10,12-13,21H,3,11H2,1-2H3/t21-/m1/s1. The van der Waals surface area contributed by atoms with Crippen LogP contribution in [0.15, 0.2) is 68.3 Å². The average Bonchev–Trinajstić information content (AvgIpc) is 3.33. The number of nitrogens with zero attached hydrogens (tertiary/aromatic N) is 2. The number of fused-ring (bicyclic) bond motifs is 2. The predicted molar refractivity (Wildman–Crippen MR) is 115 cm³/mol. The Kier molecular flexibility index (Phi) is 4.58. The lowest BCUT2D eigenvalue weighted by molar-refractivity contribution is 0.0969. The van der Waals surface area contributed by atoms with Gasteiger partial charge in [0, 0.05) is 6.07 Å². The second-order valence-electron chi connectivity index (χ2n) is 7.46. The van der Waals surface area contributed by atoms with Gasteiger partial charge in [-0.2, -0.15) is 0 Å². The predicted octanol–water partition coefficient (Wildman–Crippen LogP) is 4.63. The van der Waals surface area contributed by atoms with Crippen LogP contribution in [-0.4, -0.2) is 17.7 Å². The molecule has 3 heterocycles. The smallest absolute Gasteiger partial charge is 0.296 e. The molecule has 1 aliphatic rings. The second-order valence-corrected chi connectivity index (χ2v) is 7.46. The summed E-state index contributed by atoms with van der Waals surface area (Å²) in [6, 6.07) is 15.3. The topological polar surface area (TPSA) is 85.8 Å². The van der Waals surface area contributed by atoms with E-state index in [9.17, 15) is 9.59 Å². The first-order valence-electron chi connectivity index (χ1n) is 10.1. The fraction of sp³-hybridized carbons (Fsp3) is 0.208. The van der Waals surface area contributed by atoms with Crippen molar-refractivity contribution in [3.05, 3.63) is 87.5 Å². The van der Waals surface area contributed by atoms with Crippen LogP contribution in [-0.2, 0) is 0 Å². The summed E-state index contributed by atoms with van der Waals surface area (Å²) < 4.78 is 16.9. The number of aryl methyl sites for hydroxylation is 1. The number of hydrogen-bond donors (Lipinski definition) is 0. The Balaban J connectivity index is 1.75. The van der Waals surface area contributed by atoms with Gasteiger partial charge in [0.2, 0.25) is 5.76 Å². The number of para-hydroxylation sites is 1. The van der Waals surface area contributed by atoms with Gasteiger partial charge in [-0.25, -0.2) is 0 Å². The third-order valence-electron chi connectivity index (χ3n) is 5.29. The van der Waals surface area contributed by atoms with Crippen molar-refractivity contribution in [1.82, 2.24) is 5.16 Å². The summed E-state index contributed by atoms with van der Waals surface area (Å²) in [5.41, 5.74) is 1.15. The Hall–Kier alpha value is -3.87. The van der Waals surface area contributed by atoms with Crippen molar-refractivity contribution in [2.75, 3.05) is 11.5 Å². The largest absolute Gasteiger partial charge is 0.494 e. The molecule has 0 bridgehead atoms. The number of hydrogen-bond acceptors (Lipinski definition) is 6. The van der Waals surface area contributed by atoms with Gasteiger partial charge in [-0.1, -0.05) is 36.3 Å². The highest BCUT2D eigenvalue weighted by Gasteiger charge is 2.45. The van der Waals surface area contributed by atoms with Crippen LogP contribution in [0.2, 0.25) is 0 Å². The van der Waals surface area contributed by atoms with Crippen LogP contribution in [0.5, 0.6) is 5.75 Å². The molecule has 0 N–H and O–H groups in total. The van der Waals surface area contributed by atoms with Crippen LogP contribution in [0.4, 0.5) is 5.82 Å². The number of benzene rings is 2. The van der Waals surface area contributed by atoms with Crippen molar-refractivity contribution >= 4 is 22.7 Å². The van der Waals surface area contributed by atoms with Gasteiger partial charge >= 0.3 is 0 Å². The molecule has 5 rings (SSSR count). The molecule has 31 heavy (non-hydrogen) atoms. The van der Waals surface area contributed by atoms with Crippen molar-refractivity contribution in [2.24, 2.45) is 0 Å². The number of amides is 1. The molecule has 0 saturated carbocycles. The quantitative estimate of drug-likeness (QED) is 0.472. The van der Waals surface area contributed by atoms with Crippen molar-refractivity contribution < 1.29 is 18.5 Å². The summed E-state index contributed by atoms with van der Waals surface area (Å²) in [6.07, 6.45) is 0.870. The minimum atomic E-state index is -0.710. The summed E-state index contributed by atoms with van der Waals surface area (Å²) in [6.45, 7) is 4.35. The molecule has 1 aliphatic heterocycles. The first-order valence-corrected chi connectivity index (χ1v) is 10.1. The van der Waals surface area contributed by atoms with Crippen LogP contribution in [0, 0.1) is 6.92 Å². The van der Waals surface area contributed by atoms with E-state index in [-0.39, 0.29) is 16.8 Å². The summed E-state index contributed by atoms with van der Waals surface area (Å²) in [4.78, 5) is 28.3. The van der Waals surface area contributed by atoms with E-state index < -0.39 is 11.9 Å². The molecule has 0 aliphatic carbocycles. The van der Waals surface area contributed by atoms with Crippen LogP contribution >= 0.6 is 0 Å². The fourth-order valence-electron chi connectivity index (χ4n) is 3.93. The van der Waals surface area contributed by atoms with Crippen molar-refractivity contribution in [1.29, 1.82) is 0 Å². The third-order valence-corrected chi connectivity index (χ3v) is 5.29. The lowest BCUT2D eigenvalue weighted by Crippen LogP contribution is -2.29. The minimum absolute atomic E-state index is 0.0224. The molecule has 4 aromatic rings. The highest BCUT2D eigenvalue weighted by atomic mass is 16.5. The van der Waals surface area contributed by atoms with Gasteiger partial charge in [-0.15, -0.1) is 0 Å². The molecule has 0 radical (unpaired) electrons. The van der Waals surface area contributed by atoms with Crippen molar-refractivity contribution in [2.45, 2.75) is 26.3 Å². The van der Waals surface area contributed by atoms with E-state index in [1.54, 1.807) is 37.3 Å². The monoisotopic (exact) mass is 416 g/mol. The van der Waals surface area contributed by atoms with E-state index in [0.29, 0.717) is 34.9 Å². The average molecular weight is 416 g/mol. The summed E-state index contributed by atoms with van der Waals surface area (Å²) in [5, 5.41) is 4.46. The van der Waals surface area contributed by atoms with E-state index in [1.165, 1.54) is 4.90 Å². The highest BCUT2D eigenvalue weighted by molar-refractivity contribution is 6.10. The van der Waals surface area contributed by atoms with Gasteiger partial charge in [0.15, 0.2) is 11.2 Å². The molecule has 0 unspecified atom stereocenters. The number of carbonyl (C=O) groups is 1. The Morgan fingerprint density at radius 2 is 1.94 bits per heavy atom. The van der Waals surface area contributed by atoms with Crippen LogP contribution in [0.25, 0.3) is 11.0 Å². The van der Waals surface area contributed by atoms with Crippen molar-refractivity contribution in [3.8, 4) is 5.75 Å². The van der Waals surface area contributed by atoms with E-state index >= 15 is 0 Å². The molecule has 1 atom stereocenters. The molecular weight excluding hydrogens is 396 g/mol. The number of rotatable bonds is 5. The van der Waals surface area contributed by atoms with Crippen LogP contribution in [0.1, 0.15) is 46.8 Å². The zero-order chi connectivity index (χ0) is 21.5. The molecule has 7 heteroatoms. The Bertz CT molecular complexity index is 1350. The molecule has 0 fully saturated rings. The Morgan fingerprint density at radius 3 is 2.71 bits per heavy atom. The van der Waals surface area contributed by atoms with Crippen LogP contribution in [0.3, 0.4) is 0 Å². The number of carbonyl (C=O) groups excluding carboxylic acids is 1. The molecule has 2 aromatic carbocycles. The highest BCUT2D eigenvalue weighted by Crippen LogP contribution is 2.41. The summed E-state index contributed by atoms with van der Waals surface area (Å²) in [7, 11) is 0. The summed E-state index contributed by atoms with van der Waals surface area (Å²) >= 11 is 0. The lowest BCUT2D eigenvalue weighted by atomic mass is 9.98. The molecule has 1 amide bonds. The van der Waals surface area contributed by atoms with Gasteiger partial charge in [0.05, 0.1) is 23.6 Å². The van der Waals surface area contributed by atoms with E-state index in [1.807, 2.05) is 31.2 Å². The summed E-state index contributed by atoms with van der Waals surface area (Å²) in [5.74, 6) is 1.14. The number of aromatic nitrogens is 1. The normalized spacial score (nSPS) is 15.5. The number of ether oxygens (including phenoxy) is 1. The SMILES string of the molecule is CCCOc1cccc([C@@H]2c3c(oc4ccccc4c3=O)C(=O)N2c2cc(C)on2)c1. The zero-order valence-electron chi connectivity index (χ0n) is 17.1. The van der Waals surface area contributed by atoms with Gasteiger partial charge in [-0.05, 0) is 43.2 Å². The second kappa shape index (κ2) is 7.43. The first kappa shape index (κ1) is 19.1. The molecule has 0 spiro atoms. The Labute approximate surface area is 177 Å². The maximum Gasteiger partial charge on any atom is 0.296 e. The molecule has 0 saturated heterocycles. The van der Waals surface area contributed by atoms with Gasteiger partial charge < -0.3 is 13.7 Å². The van der Waals surface area contributed by atoms with Crippen LogP contribution < -0.4 is 15.1 Å². The molecule has 7 nitrogen and oxygen atoms in total.